The van der Waals surface area contributed by atoms with Gasteiger partial charge in [0.25, 0.3) is 5.91 Å². The lowest BCUT2D eigenvalue weighted by Crippen LogP contribution is -2.20. The molecule has 1 heterocycles. The first-order valence-corrected chi connectivity index (χ1v) is 3.20. The molecule has 66 valence electrons. The second kappa shape index (κ2) is 3.29. The van der Waals surface area contributed by atoms with Crippen LogP contribution in [-0.2, 0) is 4.79 Å². The zero-order valence-electron chi connectivity index (χ0n) is 6.27. The van der Waals surface area contributed by atoms with E-state index in [9.17, 15) is 13.6 Å². The Morgan fingerprint density at radius 3 is 2.83 bits per heavy atom. The number of rotatable bonds is 2. The molecule has 0 radical (unpaired) electrons. The molecule has 0 aliphatic rings. The van der Waals surface area contributed by atoms with Gasteiger partial charge in [0.1, 0.15) is 5.82 Å². The van der Waals surface area contributed by atoms with Crippen LogP contribution in [0, 0.1) is 6.92 Å². The van der Waals surface area contributed by atoms with Crippen molar-refractivity contribution in [2.45, 2.75) is 13.3 Å². The van der Waals surface area contributed by atoms with Crippen LogP contribution in [0.5, 0.6) is 0 Å². The molecule has 1 rings (SSSR count). The van der Waals surface area contributed by atoms with Crippen molar-refractivity contribution in [3.8, 4) is 0 Å². The lowest BCUT2D eigenvalue weighted by molar-refractivity contribution is -0.126. The largest absolute Gasteiger partial charge is 0.315 e. The fraction of sp³-hybridized carbons (Fsp3) is 0.333. The molecule has 0 aliphatic carbocycles. The van der Waals surface area contributed by atoms with E-state index in [1.54, 1.807) is 6.92 Å². The molecule has 2 N–H and O–H groups in total. The third kappa shape index (κ3) is 1.77. The number of aromatic nitrogens is 2. The van der Waals surface area contributed by atoms with E-state index < -0.39 is 12.3 Å². The summed E-state index contributed by atoms with van der Waals surface area (Å²) in [6, 6.07) is 0. The normalized spacial score (nSPS) is 10.3. The van der Waals surface area contributed by atoms with E-state index in [0.29, 0.717) is 5.56 Å². The number of nitrogens with zero attached hydrogens (tertiary/aromatic N) is 1. The van der Waals surface area contributed by atoms with Crippen molar-refractivity contribution in [3.05, 3.63) is 11.8 Å². The van der Waals surface area contributed by atoms with Gasteiger partial charge in [-0.1, -0.05) is 0 Å². The molecule has 0 aromatic carbocycles. The smallest absolute Gasteiger partial charge is 0.306 e. The van der Waals surface area contributed by atoms with E-state index in [1.807, 2.05) is 5.32 Å². The zero-order valence-corrected chi connectivity index (χ0v) is 6.27. The Labute approximate surface area is 67.0 Å². The molecular weight excluding hydrogens is 168 g/mol. The number of hydrogen-bond acceptors (Lipinski definition) is 2. The van der Waals surface area contributed by atoms with Crippen LogP contribution in [-0.4, -0.2) is 22.5 Å². The molecule has 0 fully saturated rings. The quantitative estimate of drug-likeness (QED) is 0.702. The topological polar surface area (TPSA) is 57.8 Å². The van der Waals surface area contributed by atoms with Crippen LogP contribution < -0.4 is 5.32 Å². The summed E-state index contributed by atoms with van der Waals surface area (Å²) < 4.78 is 23.4. The standard InChI is InChI=1S/C6H7F2N3O/c1-3-2-9-11-5(3)10-6(12)4(7)8/h2,4H,1H3,(H2,9,10,11,12). The maximum Gasteiger partial charge on any atom is 0.315 e. The van der Waals surface area contributed by atoms with Crippen molar-refractivity contribution < 1.29 is 13.6 Å². The Morgan fingerprint density at radius 1 is 1.75 bits per heavy atom. The van der Waals surface area contributed by atoms with Gasteiger partial charge in [0, 0.05) is 5.56 Å². The Morgan fingerprint density at radius 2 is 2.42 bits per heavy atom. The van der Waals surface area contributed by atoms with Crippen LogP contribution in [0.4, 0.5) is 14.6 Å². The molecular formula is C6H7F2N3O. The summed E-state index contributed by atoms with van der Waals surface area (Å²) in [5.74, 6) is -1.12. The highest BCUT2D eigenvalue weighted by atomic mass is 19.3. The molecule has 4 nitrogen and oxygen atoms in total. The highest BCUT2D eigenvalue weighted by molar-refractivity contribution is 5.92. The Hall–Kier alpha value is -1.46. The van der Waals surface area contributed by atoms with Gasteiger partial charge >= 0.3 is 6.43 Å². The number of alkyl halides is 2. The van der Waals surface area contributed by atoms with Gasteiger partial charge in [-0.15, -0.1) is 0 Å². The fourth-order valence-electron chi connectivity index (χ4n) is 0.651. The first kappa shape index (κ1) is 8.63. The minimum atomic E-state index is -3.01. The van der Waals surface area contributed by atoms with Crippen molar-refractivity contribution in [2.75, 3.05) is 5.32 Å². The zero-order chi connectivity index (χ0) is 9.14. The van der Waals surface area contributed by atoms with E-state index in [0.717, 1.165) is 0 Å². The SMILES string of the molecule is Cc1cn[nH]c1NC(=O)C(F)F. The van der Waals surface area contributed by atoms with Gasteiger partial charge < -0.3 is 5.32 Å². The lowest BCUT2D eigenvalue weighted by Gasteiger charge is -2.00. The maximum absolute atomic E-state index is 11.7. The summed E-state index contributed by atoms with van der Waals surface area (Å²) in [6.07, 6.45) is -1.58. The molecule has 0 unspecified atom stereocenters. The first-order valence-electron chi connectivity index (χ1n) is 3.20. The fourth-order valence-corrected chi connectivity index (χ4v) is 0.651. The van der Waals surface area contributed by atoms with Crippen LogP contribution in [0.2, 0.25) is 0 Å². The molecule has 0 atom stereocenters. The van der Waals surface area contributed by atoms with Crippen LogP contribution >= 0.6 is 0 Å². The minimum absolute atomic E-state index is 0.209. The number of amides is 1. The monoisotopic (exact) mass is 175 g/mol. The second-order valence-electron chi connectivity index (χ2n) is 2.22. The summed E-state index contributed by atoms with van der Waals surface area (Å²) in [5.41, 5.74) is 0.615. The number of carbonyl (C=O) groups excluding carboxylic acids is 1. The van der Waals surface area contributed by atoms with Crippen molar-refractivity contribution in [2.24, 2.45) is 0 Å². The summed E-state index contributed by atoms with van der Waals surface area (Å²) in [6.45, 7) is 1.64. The van der Waals surface area contributed by atoms with Gasteiger partial charge in [-0.25, -0.2) is 0 Å². The van der Waals surface area contributed by atoms with E-state index >= 15 is 0 Å². The third-order valence-corrected chi connectivity index (χ3v) is 1.28. The molecule has 0 saturated carbocycles. The predicted octanol–water partition coefficient (Wildman–Crippen LogP) is 0.922. The lowest BCUT2D eigenvalue weighted by atomic mass is 10.4. The number of anilines is 1. The molecule has 12 heavy (non-hydrogen) atoms. The van der Waals surface area contributed by atoms with E-state index in [1.165, 1.54) is 6.20 Å². The number of hydrogen-bond donors (Lipinski definition) is 2. The molecule has 0 saturated heterocycles. The predicted molar refractivity (Wildman–Crippen MR) is 38.0 cm³/mol. The van der Waals surface area contributed by atoms with Crippen LogP contribution in [0.1, 0.15) is 5.56 Å². The summed E-state index contributed by atoms with van der Waals surface area (Å²) in [5, 5.41) is 7.91. The first-order chi connectivity index (χ1) is 5.61. The number of aromatic amines is 1. The van der Waals surface area contributed by atoms with Gasteiger partial charge in [-0.2, -0.15) is 13.9 Å². The van der Waals surface area contributed by atoms with E-state index in [4.69, 9.17) is 0 Å². The average Bonchev–Trinajstić information content (AvgIpc) is 2.36. The van der Waals surface area contributed by atoms with Crippen LogP contribution in [0.15, 0.2) is 6.20 Å². The van der Waals surface area contributed by atoms with Gasteiger partial charge in [0.15, 0.2) is 0 Å². The Bertz CT molecular complexity index is 284. The van der Waals surface area contributed by atoms with E-state index in [-0.39, 0.29) is 5.82 Å². The molecule has 1 aromatic rings. The number of halogens is 2. The number of carbonyl (C=O) groups is 1. The molecule has 6 heteroatoms. The van der Waals surface area contributed by atoms with Crippen molar-refractivity contribution >= 4 is 11.7 Å². The third-order valence-electron chi connectivity index (χ3n) is 1.28. The van der Waals surface area contributed by atoms with Gasteiger partial charge in [-0.3, -0.25) is 9.89 Å². The Balaban J connectivity index is 2.64. The molecule has 1 aromatic heterocycles. The Kier molecular flexibility index (Phi) is 2.37. The summed E-state index contributed by atoms with van der Waals surface area (Å²) in [4.78, 5) is 10.5. The molecule has 1 amide bonds. The highest BCUT2D eigenvalue weighted by Crippen LogP contribution is 2.09. The molecule has 0 spiro atoms. The highest BCUT2D eigenvalue weighted by Gasteiger charge is 2.16. The summed E-state index contributed by atoms with van der Waals surface area (Å²) in [7, 11) is 0. The van der Waals surface area contributed by atoms with Gasteiger partial charge in [0.2, 0.25) is 0 Å². The van der Waals surface area contributed by atoms with Crippen molar-refractivity contribution in [1.29, 1.82) is 0 Å². The second-order valence-corrected chi connectivity index (χ2v) is 2.22. The number of nitrogens with one attached hydrogen (secondary N) is 2. The molecule has 0 bridgehead atoms. The average molecular weight is 175 g/mol. The minimum Gasteiger partial charge on any atom is -0.306 e. The number of H-pyrrole nitrogens is 1. The van der Waals surface area contributed by atoms with Crippen LogP contribution in [0.25, 0.3) is 0 Å². The van der Waals surface area contributed by atoms with Crippen LogP contribution in [0.3, 0.4) is 0 Å². The summed E-state index contributed by atoms with van der Waals surface area (Å²) >= 11 is 0. The van der Waals surface area contributed by atoms with Crippen molar-refractivity contribution in [1.82, 2.24) is 10.2 Å². The van der Waals surface area contributed by atoms with Gasteiger partial charge in [-0.05, 0) is 6.92 Å². The molecule has 0 aliphatic heterocycles. The number of aryl methyl sites for hydroxylation is 1. The van der Waals surface area contributed by atoms with Gasteiger partial charge in [0.05, 0.1) is 6.20 Å². The van der Waals surface area contributed by atoms with Crippen molar-refractivity contribution in [3.63, 3.8) is 0 Å². The van der Waals surface area contributed by atoms with E-state index in [2.05, 4.69) is 10.2 Å². The maximum atomic E-state index is 11.7.